The molecule has 27 heavy (non-hydrogen) atoms. The lowest BCUT2D eigenvalue weighted by Crippen LogP contribution is -2.04. The summed E-state index contributed by atoms with van der Waals surface area (Å²) >= 11 is 0. The molecule has 3 N–H and O–H groups in total. The van der Waals surface area contributed by atoms with Crippen molar-refractivity contribution in [2.75, 3.05) is 0 Å². The number of aromatic hydroxyl groups is 3. The van der Waals surface area contributed by atoms with Crippen LogP contribution in [0.2, 0.25) is 0 Å². The molecule has 5 nitrogen and oxygen atoms in total. The van der Waals surface area contributed by atoms with Gasteiger partial charge in [-0.05, 0) is 54.8 Å². The van der Waals surface area contributed by atoms with Gasteiger partial charge in [0.05, 0.1) is 6.61 Å². The lowest BCUT2D eigenvalue weighted by molar-refractivity contribution is 0.0909. The normalized spacial score (nSPS) is 15.6. The van der Waals surface area contributed by atoms with Crippen LogP contribution in [-0.2, 0) is 11.3 Å². The van der Waals surface area contributed by atoms with Crippen molar-refractivity contribution in [3.05, 3.63) is 76.3 Å². The fraction of sp³-hybridized carbons (Fsp3) is 0.182. The lowest BCUT2D eigenvalue weighted by atomic mass is 9.94. The van der Waals surface area contributed by atoms with E-state index in [1.165, 1.54) is 12.1 Å². The third-order valence-corrected chi connectivity index (χ3v) is 4.70. The summed E-state index contributed by atoms with van der Waals surface area (Å²) in [6.45, 7) is 4.10. The second kappa shape index (κ2) is 6.52. The van der Waals surface area contributed by atoms with Crippen LogP contribution in [0.25, 0.3) is 0 Å². The van der Waals surface area contributed by atoms with Crippen LogP contribution in [0, 0.1) is 13.8 Å². The minimum absolute atomic E-state index is 0.0682. The van der Waals surface area contributed by atoms with E-state index >= 15 is 0 Å². The number of phenolic OH excluding ortho intramolecular Hbond substituents is 3. The van der Waals surface area contributed by atoms with Gasteiger partial charge in [0.25, 0.3) is 0 Å². The Hall–Kier alpha value is -3.18. The highest BCUT2D eigenvalue weighted by molar-refractivity contribution is 5.56. The van der Waals surface area contributed by atoms with Gasteiger partial charge in [0.2, 0.25) is 0 Å². The summed E-state index contributed by atoms with van der Waals surface area (Å²) in [5.74, 6) is 1.21. The Labute approximate surface area is 157 Å². The molecule has 4 rings (SSSR count). The van der Waals surface area contributed by atoms with Crippen molar-refractivity contribution in [3.63, 3.8) is 0 Å². The average Bonchev–Trinajstić information content (AvgIpc) is 2.98. The predicted octanol–water partition coefficient (Wildman–Crippen LogP) is 4.83. The number of rotatable bonds is 3. The molecular weight excluding hydrogens is 344 g/mol. The molecule has 3 aromatic rings. The lowest BCUT2D eigenvalue weighted by Gasteiger charge is -2.20. The molecule has 1 aliphatic heterocycles. The second-order valence-electron chi connectivity index (χ2n) is 6.82. The zero-order chi connectivity index (χ0) is 19.1. The summed E-state index contributed by atoms with van der Waals surface area (Å²) < 4.78 is 12.0. The summed E-state index contributed by atoms with van der Waals surface area (Å²) in [6.07, 6.45) is -0.504. The van der Waals surface area contributed by atoms with Gasteiger partial charge in [0.15, 0.2) is 0 Å². The minimum Gasteiger partial charge on any atom is -0.508 e. The Balaban J connectivity index is 1.83. The fourth-order valence-electron chi connectivity index (χ4n) is 3.59. The second-order valence-corrected chi connectivity index (χ2v) is 6.82. The Morgan fingerprint density at radius 3 is 2.48 bits per heavy atom. The number of ether oxygens (including phenoxy) is 2. The van der Waals surface area contributed by atoms with E-state index in [0.29, 0.717) is 23.7 Å². The highest BCUT2D eigenvalue weighted by Gasteiger charge is 2.32. The van der Waals surface area contributed by atoms with E-state index in [2.05, 4.69) is 0 Å². The molecule has 1 heterocycles. The Kier molecular flexibility index (Phi) is 4.16. The third kappa shape index (κ3) is 3.17. The molecule has 0 saturated heterocycles. The first-order chi connectivity index (χ1) is 12.9. The number of hydrogen-bond acceptors (Lipinski definition) is 5. The van der Waals surface area contributed by atoms with Crippen molar-refractivity contribution < 1.29 is 24.8 Å². The summed E-state index contributed by atoms with van der Waals surface area (Å²) in [4.78, 5) is 0. The molecule has 0 unspecified atom stereocenters. The fourth-order valence-corrected chi connectivity index (χ4v) is 3.59. The van der Waals surface area contributed by atoms with Crippen molar-refractivity contribution >= 4 is 0 Å². The molecule has 0 fully saturated rings. The van der Waals surface area contributed by atoms with Crippen LogP contribution >= 0.6 is 0 Å². The molecule has 0 aromatic heterocycles. The molecule has 1 aliphatic rings. The van der Waals surface area contributed by atoms with Crippen molar-refractivity contribution in [1.29, 1.82) is 0 Å². The van der Waals surface area contributed by atoms with Gasteiger partial charge in [-0.15, -0.1) is 0 Å². The maximum Gasteiger partial charge on any atom is 0.137 e. The van der Waals surface area contributed by atoms with E-state index < -0.39 is 6.10 Å². The molecule has 0 amide bonds. The number of fused-ring (bicyclic) bond motifs is 1. The first-order valence-corrected chi connectivity index (χ1v) is 8.67. The molecule has 0 bridgehead atoms. The van der Waals surface area contributed by atoms with Crippen LogP contribution in [0.5, 0.6) is 28.7 Å². The van der Waals surface area contributed by atoms with Crippen molar-refractivity contribution in [1.82, 2.24) is 0 Å². The third-order valence-electron chi connectivity index (χ3n) is 4.70. The van der Waals surface area contributed by atoms with Crippen LogP contribution in [0.4, 0.5) is 0 Å². The maximum atomic E-state index is 10.4. The summed E-state index contributed by atoms with van der Waals surface area (Å²) in [7, 11) is 0. The number of benzene rings is 3. The minimum atomic E-state index is -0.504. The van der Waals surface area contributed by atoms with Crippen LogP contribution in [0.15, 0.2) is 48.5 Å². The highest BCUT2D eigenvalue weighted by atomic mass is 16.5. The van der Waals surface area contributed by atoms with Gasteiger partial charge >= 0.3 is 0 Å². The molecule has 138 valence electrons. The van der Waals surface area contributed by atoms with Gasteiger partial charge in [-0.25, -0.2) is 0 Å². The topological polar surface area (TPSA) is 79.2 Å². The van der Waals surface area contributed by atoms with Crippen LogP contribution in [0.1, 0.15) is 33.9 Å². The SMILES string of the molecule is Cc1cc(O)cc(Oc2cc(O)cc(C)c2[C@H]2OCc3cccc(O)c32)c1. The quantitative estimate of drug-likeness (QED) is 0.620. The molecular formula is C22H20O5. The van der Waals surface area contributed by atoms with E-state index in [9.17, 15) is 15.3 Å². The summed E-state index contributed by atoms with van der Waals surface area (Å²) in [6, 6.07) is 13.4. The monoisotopic (exact) mass is 364 g/mol. The number of phenols is 3. The molecule has 1 atom stereocenters. The first kappa shape index (κ1) is 17.2. The van der Waals surface area contributed by atoms with E-state index in [1.807, 2.05) is 19.9 Å². The Morgan fingerprint density at radius 1 is 0.926 bits per heavy atom. The molecule has 0 saturated carbocycles. The zero-order valence-electron chi connectivity index (χ0n) is 15.1. The number of aryl methyl sites for hydroxylation is 2. The smallest absolute Gasteiger partial charge is 0.137 e. The number of hydrogen-bond donors (Lipinski definition) is 3. The standard InChI is InChI=1S/C22H20O5/c1-12-6-15(23)9-17(7-12)27-19-10-16(24)8-13(2)20(19)22-21-14(11-26-22)4-3-5-18(21)25/h3-10,22-25H,11H2,1-2H3/t22-/m1/s1. The molecule has 0 spiro atoms. The van der Waals surface area contributed by atoms with Gasteiger partial charge in [0, 0.05) is 23.3 Å². The molecule has 3 aromatic carbocycles. The Bertz CT molecular complexity index is 1010. The zero-order valence-corrected chi connectivity index (χ0v) is 15.1. The van der Waals surface area contributed by atoms with E-state index in [0.717, 1.165) is 22.3 Å². The Morgan fingerprint density at radius 2 is 1.70 bits per heavy atom. The summed E-state index contributed by atoms with van der Waals surface area (Å²) in [5.41, 5.74) is 4.00. The van der Waals surface area contributed by atoms with E-state index in [1.54, 1.807) is 30.3 Å². The van der Waals surface area contributed by atoms with Gasteiger partial charge < -0.3 is 24.8 Å². The molecule has 0 aliphatic carbocycles. The van der Waals surface area contributed by atoms with Crippen LogP contribution in [0.3, 0.4) is 0 Å². The molecule has 5 heteroatoms. The van der Waals surface area contributed by atoms with E-state index in [-0.39, 0.29) is 17.2 Å². The highest BCUT2D eigenvalue weighted by Crippen LogP contribution is 2.47. The van der Waals surface area contributed by atoms with E-state index in [4.69, 9.17) is 9.47 Å². The van der Waals surface area contributed by atoms with Gasteiger partial charge in [-0.1, -0.05) is 12.1 Å². The van der Waals surface area contributed by atoms with Crippen LogP contribution < -0.4 is 4.74 Å². The van der Waals surface area contributed by atoms with Crippen molar-refractivity contribution in [2.24, 2.45) is 0 Å². The summed E-state index contributed by atoms with van der Waals surface area (Å²) in [5, 5.41) is 30.3. The van der Waals surface area contributed by atoms with Gasteiger partial charge in [-0.3, -0.25) is 0 Å². The van der Waals surface area contributed by atoms with Crippen molar-refractivity contribution in [2.45, 2.75) is 26.6 Å². The van der Waals surface area contributed by atoms with Crippen LogP contribution in [-0.4, -0.2) is 15.3 Å². The average molecular weight is 364 g/mol. The van der Waals surface area contributed by atoms with Crippen molar-refractivity contribution in [3.8, 4) is 28.7 Å². The maximum absolute atomic E-state index is 10.4. The van der Waals surface area contributed by atoms with Gasteiger partial charge in [0.1, 0.15) is 34.9 Å². The first-order valence-electron chi connectivity index (χ1n) is 8.67. The van der Waals surface area contributed by atoms with Gasteiger partial charge in [-0.2, -0.15) is 0 Å². The largest absolute Gasteiger partial charge is 0.508 e. The molecule has 0 radical (unpaired) electrons. The predicted molar refractivity (Wildman–Crippen MR) is 101 cm³/mol.